The van der Waals surface area contributed by atoms with Gasteiger partial charge in [0.25, 0.3) is 5.91 Å². The Labute approximate surface area is 159 Å². The molecule has 0 heterocycles. The van der Waals surface area contributed by atoms with Crippen molar-refractivity contribution in [2.75, 3.05) is 25.1 Å². The number of amides is 2. The molecule has 0 aliphatic heterocycles. The van der Waals surface area contributed by atoms with Crippen LogP contribution < -0.4 is 20.1 Å². The van der Waals surface area contributed by atoms with Crippen molar-refractivity contribution in [2.45, 2.75) is 27.7 Å². The molecule has 0 bridgehead atoms. The van der Waals surface area contributed by atoms with E-state index in [9.17, 15) is 9.59 Å². The number of rotatable bonds is 8. The summed E-state index contributed by atoms with van der Waals surface area (Å²) in [6, 6.07) is 10.6. The molecule has 0 atom stereocenters. The maximum atomic E-state index is 12.2. The lowest BCUT2D eigenvalue weighted by atomic mass is 10.1. The molecule has 0 radical (unpaired) electrons. The average molecular weight is 370 g/mol. The summed E-state index contributed by atoms with van der Waals surface area (Å²) in [6.45, 7) is 8.59. The Balaban J connectivity index is 1.95. The fourth-order valence-electron chi connectivity index (χ4n) is 2.48. The first kappa shape index (κ1) is 20.3. The average Bonchev–Trinajstić information content (AvgIpc) is 2.64. The van der Waals surface area contributed by atoms with E-state index in [1.54, 1.807) is 24.3 Å². The summed E-state index contributed by atoms with van der Waals surface area (Å²) >= 11 is 0. The van der Waals surface area contributed by atoms with Crippen molar-refractivity contribution in [3.8, 4) is 11.5 Å². The summed E-state index contributed by atoms with van der Waals surface area (Å²) < 4.78 is 11.0. The molecule has 2 aromatic carbocycles. The van der Waals surface area contributed by atoms with Crippen LogP contribution in [0.25, 0.3) is 0 Å². The maximum Gasteiger partial charge on any atom is 0.251 e. The summed E-state index contributed by atoms with van der Waals surface area (Å²) in [5.41, 5.74) is 3.26. The highest BCUT2D eigenvalue weighted by molar-refractivity contribution is 5.99. The number of nitrogens with one attached hydrogen (secondary N) is 2. The van der Waals surface area contributed by atoms with Crippen LogP contribution in [0.3, 0.4) is 0 Å². The van der Waals surface area contributed by atoms with Crippen molar-refractivity contribution in [1.29, 1.82) is 0 Å². The van der Waals surface area contributed by atoms with Crippen LogP contribution >= 0.6 is 0 Å². The van der Waals surface area contributed by atoms with Gasteiger partial charge in [-0.05, 0) is 63.1 Å². The predicted molar refractivity (Wildman–Crippen MR) is 106 cm³/mol. The van der Waals surface area contributed by atoms with E-state index < -0.39 is 0 Å². The molecule has 0 aliphatic carbocycles. The maximum absolute atomic E-state index is 12.2. The van der Waals surface area contributed by atoms with Gasteiger partial charge < -0.3 is 20.1 Å². The smallest absolute Gasteiger partial charge is 0.251 e. The molecular formula is C21H26N2O4. The molecule has 2 amide bonds. The van der Waals surface area contributed by atoms with Gasteiger partial charge >= 0.3 is 0 Å². The van der Waals surface area contributed by atoms with Gasteiger partial charge in [0.05, 0.1) is 19.8 Å². The van der Waals surface area contributed by atoms with Gasteiger partial charge in [-0.2, -0.15) is 0 Å². The first-order valence-electron chi connectivity index (χ1n) is 8.99. The van der Waals surface area contributed by atoms with Gasteiger partial charge in [0.1, 0.15) is 0 Å². The van der Waals surface area contributed by atoms with Crippen molar-refractivity contribution >= 4 is 17.5 Å². The summed E-state index contributed by atoms with van der Waals surface area (Å²) in [4.78, 5) is 24.3. The van der Waals surface area contributed by atoms with Crippen LogP contribution in [0.1, 0.15) is 35.3 Å². The van der Waals surface area contributed by atoms with Crippen molar-refractivity contribution in [2.24, 2.45) is 0 Å². The normalized spacial score (nSPS) is 10.2. The van der Waals surface area contributed by atoms with Crippen molar-refractivity contribution in [3.05, 3.63) is 53.1 Å². The standard InChI is InChI=1S/C21H26N2O4/c1-5-26-18-10-9-17(12-19(18)27-6-2)23-20(24)13-22-21(25)16-8-7-14(3)15(4)11-16/h7-12H,5-6,13H2,1-4H3,(H,22,25)(H,23,24). The van der Waals surface area contributed by atoms with Crippen LogP contribution in [0.2, 0.25) is 0 Å². The minimum atomic E-state index is -0.321. The van der Waals surface area contributed by atoms with Gasteiger partial charge in [-0.25, -0.2) is 0 Å². The van der Waals surface area contributed by atoms with Gasteiger partial charge in [0.15, 0.2) is 11.5 Å². The quantitative estimate of drug-likeness (QED) is 0.746. The first-order chi connectivity index (χ1) is 12.9. The number of carbonyl (C=O) groups excluding carboxylic acids is 2. The Morgan fingerprint density at radius 3 is 2.26 bits per heavy atom. The minimum Gasteiger partial charge on any atom is -0.490 e. The first-order valence-corrected chi connectivity index (χ1v) is 8.99. The number of carbonyl (C=O) groups is 2. The van der Waals surface area contributed by atoms with Gasteiger partial charge in [0, 0.05) is 17.3 Å². The lowest BCUT2D eigenvalue weighted by Crippen LogP contribution is -2.32. The third-order valence-electron chi connectivity index (χ3n) is 4.01. The van der Waals surface area contributed by atoms with E-state index >= 15 is 0 Å². The zero-order chi connectivity index (χ0) is 19.8. The SMILES string of the molecule is CCOc1ccc(NC(=O)CNC(=O)c2ccc(C)c(C)c2)cc1OCC. The van der Waals surface area contributed by atoms with Crippen LogP contribution in [-0.2, 0) is 4.79 Å². The highest BCUT2D eigenvalue weighted by atomic mass is 16.5. The van der Waals surface area contributed by atoms with E-state index in [2.05, 4.69) is 10.6 Å². The predicted octanol–water partition coefficient (Wildman–Crippen LogP) is 3.47. The molecule has 6 heteroatoms. The van der Waals surface area contributed by atoms with Gasteiger partial charge in [-0.1, -0.05) is 6.07 Å². The molecule has 144 valence electrons. The summed E-state index contributed by atoms with van der Waals surface area (Å²) in [7, 11) is 0. The van der Waals surface area contributed by atoms with Crippen LogP contribution in [-0.4, -0.2) is 31.6 Å². The molecule has 0 spiro atoms. The topological polar surface area (TPSA) is 76.7 Å². The van der Waals surface area contributed by atoms with Crippen molar-refractivity contribution in [3.63, 3.8) is 0 Å². The van der Waals surface area contributed by atoms with Crippen molar-refractivity contribution < 1.29 is 19.1 Å². The second kappa shape index (κ2) is 9.62. The van der Waals surface area contributed by atoms with Crippen LogP contribution in [0.4, 0.5) is 5.69 Å². The fourth-order valence-corrected chi connectivity index (χ4v) is 2.48. The summed E-state index contributed by atoms with van der Waals surface area (Å²) in [5.74, 6) is 0.588. The van der Waals surface area contributed by atoms with Gasteiger partial charge in [-0.3, -0.25) is 9.59 Å². The highest BCUT2D eigenvalue weighted by Gasteiger charge is 2.11. The number of anilines is 1. The molecule has 27 heavy (non-hydrogen) atoms. The second-order valence-corrected chi connectivity index (χ2v) is 6.06. The van der Waals surface area contributed by atoms with Crippen LogP contribution in [0, 0.1) is 13.8 Å². The molecule has 6 nitrogen and oxygen atoms in total. The Morgan fingerprint density at radius 2 is 1.59 bits per heavy atom. The number of hydrogen-bond acceptors (Lipinski definition) is 4. The molecule has 0 aliphatic rings. The Kier molecular flexibility index (Phi) is 7.23. The highest BCUT2D eigenvalue weighted by Crippen LogP contribution is 2.30. The number of benzene rings is 2. The van der Waals surface area contributed by atoms with E-state index in [0.29, 0.717) is 36.0 Å². The largest absolute Gasteiger partial charge is 0.490 e. The summed E-state index contributed by atoms with van der Waals surface area (Å²) in [6.07, 6.45) is 0. The minimum absolute atomic E-state index is 0.122. The molecule has 0 saturated carbocycles. The number of aryl methyl sites for hydroxylation is 2. The molecule has 0 fully saturated rings. The Hall–Kier alpha value is -3.02. The van der Waals surface area contributed by atoms with Crippen LogP contribution in [0.5, 0.6) is 11.5 Å². The third kappa shape index (κ3) is 5.74. The molecule has 2 N–H and O–H groups in total. The number of hydrogen-bond donors (Lipinski definition) is 2. The van der Waals surface area contributed by atoms with Gasteiger partial charge in [0.2, 0.25) is 5.91 Å². The van der Waals surface area contributed by atoms with E-state index in [-0.39, 0.29) is 18.4 Å². The van der Waals surface area contributed by atoms with E-state index in [1.807, 2.05) is 39.8 Å². The monoisotopic (exact) mass is 370 g/mol. The van der Waals surface area contributed by atoms with Crippen LogP contribution in [0.15, 0.2) is 36.4 Å². The molecule has 2 aromatic rings. The van der Waals surface area contributed by atoms with Crippen molar-refractivity contribution in [1.82, 2.24) is 5.32 Å². The lowest BCUT2D eigenvalue weighted by molar-refractivity contribution is -0.115. The third-order valence-corrected chi connectivity index (χ3v) is 4.01. The summed E-state index contributed by atoms with van der Waals surface area (Å²) in [5, 5.41) is 5.38. The molecule has 2 rings (SSSR count). The lowest BCUT2D eigenvalue weighted by Gasteiger charge is -2.13. The molecule has 0 unspecified atom stereocenters. The molecule has 0 saturated heterocycles. The van der Waals surface area contributed by atoms with E-state index in [0.717, 1.165) is 11.1 Å². The second-order valence-electron chi connectivity index (χ2n) is 6.06. The van der Waals surface area contributed by atoms with E-state index in [1.165, 1.54) is 0 Å². The molecule has 0 aromatic heterocycles. The number of ether oxygens (including phenoxy) is 2. The molecular weight excluding hydrogens is 344 g/mol. The van der Waals surface area contributed by atoms with E-state index in [4.69, 9.17) is 9.47 Å². The fraction of sp³-hybridized carbons (Fsp3) is 0.333. The zero-order valence-corrected chi connectivity index (χ0v) is 16.2. The van der Waals surface area contributed by atoms with Gasteiger partial charge in [-0.15, -0.1) is 0 Å². The Morgan fingerprint density at radius 1 is 0.889 bits per heavy atom. The Bertz CT molecular complexity index is 818. The zero-order valence-electron chi connectivity index (χ0n) is 16.2.